The highest BCUT2D eigenvalue weighted by Gasteiger charge is 2.27. The lowest BCUT2D eigenvalue weighted by atomic mass is 10.0. The van der Waals surface area contributed by atoms with Crippen LogP contribution in [-0.2, 0) is 27.9 Å². The van der Waals surface area contributed by atoms with Gasteiger partial charge in [-0.15, -0.1) is 0 Å². The van der Waals surface area contributed by atoms with Crippen molar-refractivity contribution >= 4 is 19.7 Å². The van der Waals surface area contributed by atoms with E-state index in [1.165, 1.54) is 83.5 Å². The number of rotatable bonds is 57. The fourth-order valence-electron chi connectivity index (χ4n) is 8.57. The minimum absolute atomic E-state index is 0.0448. The summed E-state index contributed by atoms with van der Waals surface area (Å²) in [4.78, 5) is 40.0. The maximum absolute atomic E-state index is 13.5. The molecule has 0 saturated carbocycles. The molecule has 0 aliphatic carbocycles. The summed E-state index contributed by atoms with van der Waals surface area (Å²) in [7, 11) is 1.11. The van der Waals surface area contributed by atoms with Gasteiger partial charge in [0, 0.05) is 12.8 Å². The van der Waals surface area contributed by atoms with Crippen molar-refractivity contribution in [3.05, 3.63) is 146 Å². The highest BCUT2D eigenvalue weighted by Crippen LogP contribution is 2.38. The molecule has 466 valence electrons. The van der Waals surface area contributed by atoms with Crippen LogP contribution in [0.4, 0.5) is 0 Å². The molecule has 9 nitrogen and oxygen atoms in total. The van der Waals surface area contributed by atoms with Gasteiger partial charge in [-0.1, -0.05) is 263 Å². The molecule has 3 atom stereocenters. The molecule has 0 spiro atoms. The Bertz CT molecular complexity index is 1910. The zero-order chi connectivity index (χ0) is 60.0. The molecule has 0 fully saturated rings. The van der Waals surface area contributed by atoms with Crippen molar-refractivity contribution in [1.29, 1.82) is 0 Å². The second-order valence-corrected chi connectivity index (χ2v) is 23.9. The number of quaternary nitrogens is 1. The summed E-state index contributed by atoms with van der Waals surface area (Å²) in [5.41, 5.74) is 0. The van der Waals surface area contributed by atoms with Crippen LogP contribution in [0, 0.1) is 0 Å². The number of ether oxygens (including phenoxy) is 1. The maximum atomic E-state index is 13.5. The molecular formula is C72H121N2O7P. The lowest BCUT2D eigenvalue weighted by molar-refractivity contribution is -0.870. The van der Waals surface area contributed by atoms with Crippen molar-refractivity contribution in [2.24, 2.45) is 0 Å². The van der Waals surface area contributed by atoms with Gasteiger partial charge in [0.2, 0.25) is 5.91 Å². The van der Waals surface area contributed by atoms with Gasteiger partial charge in [-0.2, -0.15) is 0 Å². The molecule has 1 N–H and O–H groups in total. The molecule has 0 heterocycles. The van der Waals surface area contributed by atoms with Crippen LogP contribution in [0.2, 0.25) is 0 Å². The Labute approximate surface area is 504 Å². The molecule has 0 radical (unpaired) electrons. The SMILES string of the molecule is CC/C=C\C/C=C\C/C=C\C/C=C\C/C=C\C/C=C\CCC(=O)NC(COP(=O)([O-])OCC[N+](C)(C)C)C(/C=C\CCCCCCCCCCCC)OC(=O)CCCCCCCCCCC/C=C\C/C=C\C/C=C\C/C=C\C/C=C\CC. The molecule has 0 rings (SSSR count). The number of likely N-dealkylation sites (N-methyl/N-ethyl adjacent to an activating group) is 1. The predicted molar refractivity (Wildman–Crippen MR) is 353 cm³/mol. The van der Waals surface area contributed by atoms with E-state index < -0.39 is 26.6 Å². The Kier molecular flexibility index (Phi) is 57.0. The van der Waals surface area contributed by atoms with Crippen LogP contribution in [-0.4, -0.2) is 69.4 Å². The average molecular weight is 1160 g/mol. The van der Waals surface area contributed by atoms with E-state index in [1.54, 1.807) is 0 Å². The molecule has 0 aromatic heterocycles. The van der Waals surface area contributed by atoms with Gasteiger partial charge in [0.1, 0.15) is 19.3 Å². The van der Waals surface area contributed by atoms with Crippen LogP contribution in [0.1, 0.15) is 245 Å². The van der Waals surface area contributed by atoms with Crippen LogP contribution in [0.3, 0.4) is 0 Å². The van der Waals surface area contributed by atoms with Crippen molar-refractivity contribution in [3.63, 3.8) is 0 Å². The molecule has 0 bridgehead atoms. The molecule has 82 heavy (non-hydrogen) atoms. The molecule has 0 aliphatic rings. The highest BCUT2D eigenvalue weighted by molar-refractivity contribution is 7.45. The quantitative estimate of drug-likeness (QED) is 0.0212. The summed E-state index contributed by atoms with van der Waals surface area (Å²) >= 11 is 0. The summed E-state index contributed by atoms with van der Waals surface area (Å²) in [5, 5.41) is 2.98. The summed E-state index contributed by atoms with van der Waals surface area (Å²) < 4.78 is 30.3. The Morgan fingerprint density at radius 2 is 0.793 bits per heavy atom. The monoisotopic (exact) mass is 1160 g/mol. The van der Waals surface area contributed by atoms with E-state index in [4.69, 9.17) is 13.8 Å². The van der Waals surface area contributed by atoms with Gasteiger partial charge < -0.3 is 28.5 Å². The Hall–Kier alpha value is -4.11. The van der Waals surface area contributed by atoms with Gasteiger partial charge in [-0.3, -0.25) is 14.2 Å². The summed E-state index contributed by atoms with van der Waals surface area (Å²) in [6.07, 6.45) is 86.9. The number of allylic oxidation sites excluding steroid dienone is 23. The molecule has 0 aromatic rings. The third kappa shape index (κ3) is 60.5. The van der Waals surface area contributed by atoms with Crippen LogP contribution in [0.25, 0.3) is 0 Å². The van der Waals surface area contributed by atoms with E-state index in [2.05, 4.69) is 148 Å². The summed E-state index contributed by atoms with van der Waals surface area (Å²) in [6, 6.07) is -0.943. The third-order valence-corrected chi connectivity index (χ3v) is 14.5. The normalized spacial score (nSPS) is 14.6. The third-order valence-electron chi connectivity index (χ3n) is 13.5. The van der Waals surface area contributed by atoms with Gasteiger partial charge in [0.25, 0.3) is 7.82 Å². The van der Waals surface area contributed by atoms with E-state index in [-0.39, 0.29) is 31.3 Å². The van der Waals surface area contributed by atoms with Crippen molar-refractivity contribution in [1.82, 2.24) is 5.32 Å². The minimum Gasteiger partial charge on any atom is -0.756 e. The first-order valence-electron chi connectivity index (χ1n) is 32.6. The standard InChI is InChI=1S/C72H121N2O7P/c1-7-10-13-16-19-22-25-28-30-32-34-35-36-37-38-39-41-43-45-47-50-53-56-59-62-65-72(76)81-70(63-60-57-54-51-48-27-24-21-18-15-12-9-3)69(68-80-82(77,78)79-67-66-74(4,5)6)73-71(75)64-61-58-55-52-49-46-44-42-40-33-31-29-26-23-20-17-14-11-8-2/h10-11,13-14,19-20,22-23,28-31,34-35,37-38,40,42,46,49,55,58,60,63,69-70H,7-9,12,15-18,21,24-27,32-33,36,39,41,43-45,47-48,50-54,56-57,59,61-62,64-68H2,1-6H3,(H-,73,75,77,78)/b13-10-,14-11-,22-19-,23-20-,30-28-,31-29-,35-34-,38-37-,42-40-,49-46-,58-55-,63-60-. The fourth-order valence-corrected chi connectivity index (χ4v) is 9.29. The number of nitrogens with zero attached hydrogens (tertiary/aromatic N) is 1. The first-order valence-corrected chi connectivity index (χ1v) is 34.1. The molecule has 0 saturated heterocycles. The second kappa shape index (κ2) is 60.0. The molecular weight excluding hydrogens is 1040 g/mol. The van der Waals surface area contributed by atoms with Crippen LogP contribution >= 0.6 is 7.82 Å². The number of hydrogen-bond acceptors (Lipinski definition) is 7. The van der Waals surface area contributed by atoms with E-state index in [0.717, 1.165) is 116 Å². The number of hydrogen-bond donors (Lipinski definition) is 1. The van der Waals surface area contributed by atoms with Gasteiger partial charge in [-0.05, 0) is 115 Å². The topological polar surface area (TPSA) is 114 Å². The number of unbranched alkanes of at least 4 members (excludes halogenated alkanes) is 19. The van der Waals surface area contributed by atoms with Crippen molar-refractivity contribution in [2.75, 3.05) is 40.9 Å². The van der Waals surface area contributed by atoms with Gasteiger partial charge >= 0.3 is 5.97 Å². The van der Waals surface area contributed by atoms with Crippen molar-refractivity contribution in [3.8, 4) is 0 Å². The number of phosphoric acid groups is 1. The fraction of sp³-hybridized carbons (Fsp3) is 0.639. The number of phosphoric ester groups is 1. The molecule has 0 aromatic carbocycles. The number of esters is 1. The largest absolute Gasteiger partial charge is 0.756 e. The maximum Gasteiger partial charge on any atom is 0.306 e. The lowest BCUT2D eigenvalue weighted by Crippen LogP contribution is -2.47. The van der Waals surface area contributed by atoms with Gasteiger partial charge in [0.15, 0.2) is 0 Å². The number of carbonyl (C=O) groups is 2. The highest BCUT2D eigenvalue weighted by atomic mass is 31.2. The second-order valence-electron chi connectivity index (χ2n) is 22.5. The zero-order valence-electron chi connectivity index (χ0n) is 53.1. The Morgan fingerprint density at radius 3 is 1.20 bits per heavy atom. The lowest BCUT2D eigenvalue weighted by Gasteiger charge is -2.30. The average Bonchev–Trinajstić information content (AvgIpc) is 3.47. The molecule has 0 aliphatic heterocycles. The molecule has 3 unspecified atom stereocenters. The molecule has 10 heteroatoms. The number of nitrogens with one attached hydrogen (secondary N) is 1. The minimum atomic E-state index is -4.73. The van der Waals surface area contributed by atoms with Crippen LogP contribution < -0.4 is 10.2 Å². The van der Waals surface area contributed by atoms with E-state index in [9.17, 15) is 19.0 Å². The predicted octanol–water partition coefficient (Wildman–Crippen LogP) is 20.0. The first kappa shape index (κ1) is 77.9. The summed E-state index contributed by atoms with van der Waals surface area (Å²) in [6.45, 7) is 6.54. The smallest absolute Gasteiger partial charge is 0.306 e. The molecule has 1 amide bonds. The van der Waals surface area contributed by atoms with E-state index in [0.29, 0.717) is 23.9 Å². The van der Waals surface area contributed by atoms with Crippen LogP contribution in [0.15, 0.2) is 146 Å². The Morgan fingerprint density at radius 1 is 0.439 bits per heavy atom. The zero-order valence-corrected chi connectivity index (χ0v) is 54.0. The van der Waals surface area contributed by atoms with Gasteiger partial charge in [-0.25, -0.2) is 0 Å². The number of carbonyl (C=O) groups excluding carboxylic acids is 2. The van der Waals surface area contributed by atoms with E-state index >= 15 is 0 Å². The van der Waals surface area contributed by atoms with E-state index in [1.807, 2.05) is 45.4 Å². The summed E-state index contributed by atoms with van der Waals surface area (Å²) in [5.74, 6) is -0.655. The number of amides is 1. The van der Waals surface area contributed by atoms with Crippen molar-refractivity contribution < 1.29 is 37.3 Å². The van der Waals surface area contributed by atoms with Gasteiger partial charge in [0.05, 0.1) is 33.8 Å². The van der Waals surface area contributed by atoms with Crippen molar-refractivity contribution in [2.45, 2.75) is 258 Å². The first-order chi connectivity index (χ1) is 39.9. The van der Waals surface area contributed by atoms with Crippen LogP contribution in [0.5, 0.6) is 0 Å². The Balaban J connectivity index is 5.28.